The van der Waals surface area contributed by atoms with Gasteiger partial charge >= 0.3 is 5.97 Å². The molecular formula is C19H17BrO4. The number of halogens is 1. The van der Waals surface area contributed by atoms with Gasteiger partial charge in [-0.1, -0.05) is 57.9 Å². The van der Waals surface area contributed by atoms with E-state index in [9.17, 15) is 14.4 Å². The van der Waals surface area contributed by atoms with Crippen molar-refractivity contribution < 1.29 is 19.1 Å². The predicted octanol–water partition coefficient (Wildman–Crippen LogP) is 4.15. The van der Waals surface area contributed by atoms with Crippen molar-refractivity contribution in [2.24, 2.45) is 0 Å². The maximum absolute atomic E-state index is 12.0. The quantitative estimate of drug-likeness (QED) is 0.527. The second-order valence-corrected chi connectivity index (χ2v) is 6.30. The Morgan fingerprint density at radius 2 is 1.38 bits per heavy atom. The molecule has 0 saturated carbocycles. The van der Waals surface area contributed by atoms with Gasteiger partial charge in [-0.3, -0.25) is 14.4 Å². The molecule has 24 heavy (non-hydrogen) atoms. The molecule has 0 aromatic heterocycles. The summed E-state index contributed by atoms with van der Waals surface area (Å²) in [5.41, 5.74) is 2.11. The molecule has 0 bridgehead atoms. The Balaban J connectivity index is 1.77. The van der Waals surface area contributed by atoms with Crippen LogP contribution in [0.5, 0.6) is 0 Å². The lowest BCUT2D eigenvalue weighted by molar-refractivity contribution is -0.142. The number of rotatable bonds is 7. The van der Waals surface area contributed by atoms with Crippen LogP contribution >= 0.6 is 15.9 Å². The maximum Gasteiger partial charge on any atom is 0.306 e. The lowest BCUT2D eigenvalue weighted by Crippen LogP contribution is -2.15. The third-order valence-electron chi connectivity index (χ3n) is 3.46. The van der Waals surface area contributed by atoms with Crippen molar-refractivity contribution in [2.45, 2.75) is 19.8 Å². The molecule has 0 aliphatic rings. The first-order valence-electron chi connectivity index (χ1n) is 7.50. The van der Waals surface area contributed by atoms with Crippen LogP contribution < -0.4 is 0 Å². The summed E-state index contributed by atoms with van der Waals surface area (Å²) in [6.45, 7) is 1.62. The molecule has 0 atom stereocenters. The molecule has 0 heterocycles. The van der Waals surface area contributed by atoms with Crippen LogP contribution in [0, 0.1) is 6.92 Å². The van der Waals surface area contributed by atoms with E-state index in [1.807, 2.05) is 19.1 Å². The second kappa shape index (κ2) is 8.55. The van der Waals surface area contributed by atoms with Crippen molar-refractivity contribution >= 4 is 33.5 Å². The van der Waals surface area contributed by atoms with E-state index in [1.54, 1.807) is 36.4 Å². The van der Waals surface area contributed by atoms with Gasteiger partial charge < -0.3 is 4.74 Å². The zero-order valence-electron chi connectivity index (χ0n) is 13.3. The largest absolute Gasteiger partial charge is 0.457 e. The first kappa shape index (κ1) is 18.1. The Morgan fingerprint density at radius 3 is 2.00 bits per heavy atom. The van der Waals surface area contributed by atoms with Crippen molar-refractivity contribution in [2.75, 3.05) is 6.61 Å². The van der Waals surface area contributed by atoms with Crippen molar-refractivity contribution in [3.05, 3.63) is 69.7 Å². The van der Waals surface area contributed by atoms with Gasteiger partial charge in [-0.2, -0.15) is 0 Å². The van der Waals surface area contributed by atoms with Crippen LogP contribution in [0.25, 0.3) is 0 Å². The summed E-state index contributed by atoms with van der Waals surface area (Å²) in [6, 6.07) is 14.0. The average molecular weight is 389 g/mol. The molecular weight excluding hydrogens is 372 g/mol. The van der Waals surface area contributed by atoms with E-state index in [0.717, 1.165) is 10.0 Å². The minimum atomic E-state index is -0.555. The second-order valence-electron chi connectivity index (χ2n) is 5.38. The van der Waals surface area contributed by atoms with Gasteiger partial charge in [-0.25, -0.2) is 0 Å². The molecule has 0 radical (unpaired) electrons. The van der Waals surface area contributed by atoms with Gasteiger partial charge in [0.1, 0.15) is 0 Å². The van der Waals surface area contributed by atoms with Crippen LogP contribution in [0.2, 0.25) is 0 Å². The standard InChI is InChI=1S/C19H17BrO4/c1-13-2-4-14(5-3-13)17(21)10-11-19(23)24-12-18(22)15-6-8-16(20)9-7-15/h2-9H,10-12H2,1H3. The lowest BCUT2D eigenvalue weighted by atomic mass is 10.1. The van der Waals surface area contributed by atoms with Crippen LogP contribution in [-0.2, 0) is 9.53 Å². The van der Waals surface area contributed by atoms with E-state index in [1.165, 1.54) is 0 Å². The van der Waals surface area contributed by atoms with Crippen molar-refractivity contribution in [1.29, 1.82) is 0 Å². The number of hydrogen-bond acceptors (Lipinski definition) is 4. The monoisotopic (exact) mass is 388 g/mol. The molecule has 4 nitrogen and oxygen atoms in total. The molecule has 124 valence electrons. The number of aryl methyl sites for hydroxylation is 1. The number of ether oxygens (including phenoxy) is 1. The highest BCUT2D eigenvalue weighted by Crippen LogP contribution is 2.11. The highest BCUT2D eigenvalue weighted by Gasteiger charge is 2.13. The summed E-state index contributed by atoms with van der Waals surface area (Å²) in [4.78, 5) is 35.6. The molecule has 2 rings (SSSR count). The molecule has 0 saturated heterocycles. The highest BCUT2D eigenvalue weighted by atomic mass is 79.9. The summed E-state index contributed by atoms with van der Waals surface area (Å²) in [6.07, 6.45) is 0.0225. The fraction of sp³-hybridized carbons (Fsp3) is 0.211. The number of hydrogen-bond donors (Lipinski definition) is 0. The van der Waals surface area contributed by atoms with Gasteiger partial charge in [-0.05, 0) is 19.1 Å². The van der Waals surface area contributed by atoms with Gasteiger partial charge in [0.2, 0.25) is 0 Å². The molecule has 0 spiro atoms. The molecule has 0 fully saturated rings. The fourth-order valence-corrected chi connectivity index (χ4v) is 2.30. The van der Waals surface area contributed by atoms with E-state index < -0.39 is 5.97 Å². The molecule has 2 aromatic carbocycles. The summed E-state index contributed by atoms with van der Waals surface area (Å²) < 4.78 is 5.81. The van der Waals surface area contributed by atoms with Crippen LogP contribution in [0.15, 0.2) is 53.0 Å². The Labute approximate surface area is 149 Å². The summed E-state index contributed by atoms with van der Waals surface area (Å²) in [5, 5.41) is 0. The lowest BCUT2D eigenvalue weighted by Gasteiger charge is -2.05. The molecule has 0 aliphatic carbocycles. The molecule has 0 aliphatic heterocycles. The van der Waals surface area contributed by atoms with Gasteiger partial charge in [0.05, 0.1) is 6.42 Å². The van der Waals surface area contributed by atoms with E-state index in [2.05, 4.69) is 15.9 Å². The molecule has 2 aromatic rings. The third kappa shape index (κ3) is 5.42. The fourth-order valence-electron chi connectivity index (χ4n) is 2.04. The maximum atomic E-state index is 12.0. The van der Waals surface area contributed by atoms with Gasteiger partial charge in [0.15, 0.2) is 18.2 Å². The van der Waals surface area contributed by atoms with Crippen molar-refractivity contribution in [3.8, 4) is 0 Å². The summed E-state index contributed by atoms with van der Waals surface area (Å²) in [5.74, 6) is -0.951. The van der Waals surface area contributed by atoms with Crippen molar-refractivity contribution in [1.82, 2.24) is 0 Å². The number of esters is 1. The number of carbonyl (C=O) groups excluding carboxylic acids is 3. The van der Waals surface area contributed by atoms with Crippen molar-refractivity contribution in [3.63, 3.8) is 0 Å². The number of Topliss-reactive ketones (excluding diaryl/α,β-unsaturated/α-hetero) is 2. The Morgan fingerprint density at radius 1 is 0.833 bits per heavy atom. The Hall–Kier alpha value is -2.27. The Kier molecular flexibility index (Phi) is 6.44. The average Bonchev–Trinajstić information content (AvgIpc) is 2.58. The molecule has 0 amide bonds. The summed E-state index contributed by atoms with van der Waals surface area (Å²) >= 11 is 3.29. The van der Waals surface area contributed by atoms with Crippen LogP contribution in [0.4, 0.5) is 0 Å². The van der Waals surface area contributed by atoms with Gasteiger partial charge in [-0.15, -0.1) is 0 Å². The van der Waals surface area contributed by atoms with E-state index in [4.69, 9.17) is 4.74 Å². The third-order valence-corrected chi connectivity index (χ3v) is 3.99. The van der Waals surface area contributed by atoms with Crippen LogP contribution in [0.3, 0.4) is 0 Å². The normalized spacial score (nSPS) is 10.2. The van der Waals surface area contributed by atoms with Gasteiger partial charge in [0.25, 0.3) is 0 Å². The Bertz CT molecular complexity index is 669. The summed E-state index contributed by atoms with van der Waals surface area (Å²) in [7, 11) is 0. The van der Waals surface area contributed by atoms with Gasteiger partial charge in [0, 0.05) is 22.0 Å². The zero-order chi connectivity index (χ0) is 17.5. The van der Waals surface area contributed by atoms with Crippen LogP contribution in [0.1, 0.15) is 39.1 Å². The minimum absolute atomic E-state index is 0.0413. The SMILES string of the molecule is Cc1ccc(C(=O)CCC(=O)OCC(=O)c2ccc(Br)cc2)cc1. The first-order valence-corrected chi connectivity index (χ1v) is 8.29. The van der Waals surface area contributed by atoms with E-state index in [0.29, 0.717) is 11.1 Å². The number of carbonyl (C=O) groups is 3. The number of ketones is 2. The first-order chi connectivity index (χ1) is 11.5. The predicted molar refractivity (Wildman–Crippen MR) is 94.2 cm³/mol. The van der Waals surface area contributed by atoms with E-state index >= 15 is 0 Å². The topological polar surface area (TPSA) is 60.4 Å². The highest BCUT2D eigenvalue weighted by molar-refractivity contribution is 9.10. The molecule has 0 unspecified atom stereocenters. The zero-order valence-corrected chi connectivity index (χ0v) is 14.8. The number of benzene rings is 2. The molecule has 5 heteroatoms. The van der Waals surface area contributed by atoms with E-state index in [-0.39, 0.29) is 31.0 Å². The molecule has 0 N–H and O–H groups in total. The minimum Gasteiger partial charge on any atom is -0.457 e. The van der Waals surface area contributed by atoms with Crippen LogP contribution in [-0.4, -0.2) is 24.1 Å². The smallest absolute Gasteiger partial charge is 0.306 e.